The van der Waals surface area contributed by atoms with E-state index in [0.29, 0.717) is 0 Å². The van der Waals surface area contributed by atoms with Crippen LogP contribution in [0.2, 0.25) is 0 Å². The molecule has 0 spiro atoms. The van der Waals surface area contributed by atoms with Crippen LogP contribution in [0.4, 0.5) is 0 Å². The van der Waals surface area contributed by atoms with Crippen molar-refractivity contribution >= 4 is 11.9 Å². The van der Waals surface area contributed by atoms with Crippen LogP contribution in [0, 0.1) is 0 Å². The molecule has 0 aliphatic heterocycles. The van der Waals surface area contributed by atoms with Crippen molar-refractivity contribution in [1.82, 2.24) is 0 Å². The fraction of sp³-hybridized carbons (Fsp3) is 0.391. The summed E-state index contributed by atoms with van der Waals surface area (Å²) in [5.41, 5.74) is 0.443. The molecule has 0 atom stereocenters. The maximum atomic E-state index is 10.9. The number of para-hydroxylation sites is 1. The van der Waals surface area contributed by atoms with Crippen molar-refractivity contribution in [3.05, 3.63) is 53.1 Å². The summed E-state index contributed by atoms with van der Waals surface area (Å²) in [6.07, 6.45) is 9.26. The van der Waals surface area contributed by atoms with E-state index in [4.69, 9.17) is 20.4 Å². The molecular formula is C23H30O7. The Hall–Kier alpha value is -3.22. The fourth-order valence-electron chi connectivity index (χ4n) is 2.93. The topological polar surface area (TPSA) is 135 Å². The number of phenolic OH excluding ortho intramolecular Hbond substituents is 1. The molecular weight excluding hydrogens is 388 g/mol. The minimum atomic E-state index is -1.27. The van der Waals surface area contributed by atoms with Crippen molar-refractivity contribution in [1.29, 1.82) is 0 Å². The Bertz CT molecular complexity index is 830. The monoisotopic (exact) mass is 418 g/mol. The number of hydrogen-bond acceptors (Lipinski definition) is 5. The SMILES string of the molecule is CCCCCCCCCc1cccc(C(=O)O)c1O.O=C(O)c1cc(O)ccc1O. The van der Waals surface area contributed by atoms with Crippen LogP contribution >= 0.6 is 0 Å². The van der Waals surface area contributed by atoms with Crippen LogP contribution in [0.25, 0.3) is 0 Å². The van der Waals surface area contributed by atoms with Crippen LogP contribution in [-0.2, 0) is 6.42 Å². The van der Waals surface area contributed by atoms with E-state index in [1.165, 1.54) is 44.2 Å². The third-order valence-electron chi connectivity index (χ3n) is 4.61. The van der Waals surface area contributed by atoms with Crippen molar-refractivity contribution in [2.45, 2.75) is 58.3 Å². The lowest BCUT2D eigenvalue weighted by Crippen LogP contribution is -1.99. The zero-order chi connectivity index (χ0) is 22.5. The maximum Gasteiger partial charge on any atom is 0.339 e. The number of carboxylic acids is 2. The first kappa shape index (κ1) is 24.8. The molecule has 0 saturated carbocycles. The number of rotatable bonds is 10. The molecule has 0 aliphatic rings. The molecule has 0 unspecified atom stereocenters. The molecule has 0 heterocycles. The van der Waals surface area contributed by atoms with Crippen LogP contribution in [0.1, 0.15) is 78.1 Å². The second-order valence-corrected chi connectivity index (χ2v) is 7.00. The first-order chi connectivity index (χ1) is 14.3. The van der Waals surface area contributed by atoms with Crippen LogP contribution in [-0.4, -0.2) is 37.5 Å². The van der Waals surface area contributed by atoms with Gasteiger partial charge in [-0.3, -0.25) is 0 Å². The van der Waals surface area contributed by atoms with E-state index in [1.807, 2.05) is 0 Å². The van der Waals surface area contributed by atoms with Crippen molar-refractivity contribution in [2.24, 2.45) is 0 Å². The number of unbranched alkanes of at least 4 members (excludes halogenated alkanes) is 6. The highest BCUT2D eigenvalue weighted by molar-refractivity contribution is 5.91. The molecule has 0 bridgehead atoms. The molecule has 2 aromatic rings. The number of aryl methyl sites for hydroxylation is 1. The van der Waals surface area contributed by atoms with Gasteiger partial charge in [0, 0.05) is 0 Å². The van der Waals surface area contributed by atoms with Gasteiger partial charge in [0.2, 0.25) is 0 Å². The highest BCUT2D eigenvalue weighted by atomic mass is 16.4. The third kappa shape index (κ3) is 8.43. The average molecular weight is 418 g/mol. The Balaban J connectivity index is 0.000000346. The first-order valence-corrected chi connectivity index (χ1v) is 10.1. The Morgan fingerprint density at radius 3 is 1.93 bits per heavy atom. The highest BCUT2D eigenvalue weighted by Crippen LogP contribution is 2.24. The van der Waals surface area contributed by atoms with Gasteiger partial charge in [0.1, 0.15) is 28.4 Å². The summed E-state index contributed by atoms with van der Waals surface area (Å²) >= 11 is 0. The van der Waals surface area contributed by atoms with E-state index in [2.05, 4.69) is 6.92 Å². The van der Waals surface area contributed by atoms with Gasteiger partial charge in [-0.25, -0.2) is 9.59 Å². The summed E-state index contributed by atoms with van der Waals surface area (Å²) in [5, 5.41) is 44.9. The van der Waals surface area contributed by atoms with Gasteiger partial charge in [0.25, 0.3) is 0 Å². The van der Waals surface area contributed by atoms with Crippen LogP contribution in [0.3, 0.4) is 0 Å². The van der Waals surface area contributed by atoms with Crippen molar-refractivity contribution in [3.8, 4) is 17.2 Å². The fourth-order valence-corrected chi connectivity index (χ4v) is 2.93. The minimum absolute atomic E-state index is 0.000413. The average Bonchev–Trinajstić information content (AvgIpc) is 2.70. The van der Waals surface area contributed by atoms with Gasteiger partial charge in [-0.05, 0) is 42.7 Å². The molecule has 30 heavy (non-hydrogen) atoms. The molecule has 0 radical (unpaired) electrons. The number of carboxylic acid groups (broad SMARTS) is 2. The maximum absolute atomic E-state index is 10.9. The van der Waals surface area contributed by atoms with Gasteiger partial charge >= 0.3 is 11.9 Å². The van der Waals surface area contributed by atoms with Crippen LogP contribution < -0.4 is 0 Å². The summed E-state index contributed by atoms with van der Waals surface area (Å²) in [7, 11) is 0. The van der Waals surface area contributed by atoms with Crippen molar-refractivity contribution in [2.75, 3.05) is 0 Å². The molecule has 164 valence electrons. The number of benzene rings is 2. The van der Waals surface area contributed by atoms with Crippen LogP contribution in [0.15, 0.2) is 36.4 Å². The molecule has 7 heteroatoms. The summed E-state index contributed by atoms with van der Waals surface area (Å²) in [4.78, 5) is 21.2. The van der Waals surface area contributed by atoms with Crippen molar-refractivity contribution < 1.29 is 35.1 Å². The first-order valence-electron chi connectivity index (χ1n) is 10.1. The third-order valence-corrected chi connectivity index (χ3v) is 4.61. The van der Waals surface area contributed by atoms with E-state index in [-0.39, 0.29) is 28.4 Å². The molecule has 0 aliphatic carbocycles. The lowest BCUT2D eigenvalue weighted by Gasteiger charge is -2.07. The standard InChI is InChI=1S/C16H24O3.C7H6O4/c1-2-3-4-5-6-7-8-10-13-11-9-12-14(15(13)17)16(18)19;8-4-1-2-6(9)5(3-4)7(10)11/h9,11-12,17H,2-8,10H2,1H3,(H,18,19);1-3,8-9H,(H,10,11). The minimum Gasteiger partial charge on any atom is -0.508 e. The second kappa shape index (κ2) is 13.1. The summed E-state index contributed by atoms with van der Waals surface area (Å²) in [6, 6.07) is 8.25. The smallest absolute Gasteiger partial charge is 0.339 e. The largest absolute Gasteiger partial charge is 0.508 e. The predicted molar refractivity (Wildman–Crippen MR) is 113 cm³/mol. The van der Waals surface area contributed by atoms with Gasteiger partial charge in [0.15, 0.2) is 0 Å². The van der Waals surface area contributed by atoms with E-state index in [0.717, 1.165) is 37.0 Å². The zero-order valence-corrected chi connectivity index (χ0v) is 17.2. The van der Waals surface area contributed by atoms with Gasteiger partial charge in [-0.2, -0.15) is 0 Å². The quantitative estimate of drug-likeness (QED) is 0.265. The normalized spacial score (nSPS) is 10.2. The Morgan fingerprint density at radius 2 is 1.37 bits per heavy atom. The number of aromatic carboxylic acids is 2. The Kier molecular flexibility index (Phi) is 10.8. The molecule has 0 amide bonds. The van der Waals surface area contributed by atoms with E-state index in [1.54, 1.807) is 12.1 Å². The second-order valence-electron chi connectivity index (χ2n) is 7.00. The van der Waals surface area contributed by atoms with Crippen molar-refractivity contribution in [3.63, 3.8) is 0 Å². The zero-order valence-electron chi connectivity index (χ0n) is 17.2. The number of hydrogen-bond donors (Lipinski definition) is 5. The highest BCUT2D eigenvalue weighted by Gasteiger charge is 2.12. The molecule has 2 rings (SSSR count). The molecule has 0 saturated heterocycles. The molecule has 5 N–H and O–H groups in total. The number of carbonyl (C=O) groups is 2. The van der Waals surface area contributed by atoms with E-state index >= 15 is 0 Å². The van der Waals surface area contributed by atoms with E-state index in [9.17, 15) is 14.7 Å². The molecule has 0 aromatic heterocycles. The summed E-state index contributed by atoms with van der Waals surface area (Å²) < 4.78 is 0. The summed E-state index contributed by atoms with van der Waals surface area (Å²) in [6.45, 7) is 2.21. The summed E-state index contributed by atoms with van der Waals surface area (Å²) in [5.74, 6) is -2.94. The van der Waals surface area contributed by atoms with Gasteiger partial charge in [-0.15, -0.1) is 0 Å². The Morgan fingerprint density at radius 1 is 0.767 bits per heavy atom. The molecule has 0 fully saturated rings. The van der Waals surface area contributed by atoms with Gasteiger partial charge < -0.3 is 25.5 Å². The van der Waals surface area contributed by atoms with E-state index < -0.39 is 11.9 Å². The van der Waals surface area contributed by atoms with Gasteiger partial charge in [-0.1, -0.05) is 57.6 Å². The number of aromatic hydroxyl groups is 3. The van der Waals surface area contributed by atoms with Crippen LogP contribution in [0.5, 0.6) is 17.2 Å². The molecule has 7 nitrogen and oxygen atoms in total. The predicted octanol–water partition coefficient (Wildman–Crippen LogP) is 5.18. The molecule has 2 aromatic carbocycles. The lowest BCUT2D eigenvalue weighted by molar-refractivity contribution is 0.0682. The Labute approximate surface area is 176 Å². The number of phenols is 3. The lowest BCUT2D eigenvalue weighted by atomic mass is 10.0. The van der Waals surface area contributed by atoms with Gasteiger partial charge in [0.05, 0.1) is 0 Å².